The molecule has 0 atom stereocenters. The van der Waals surface area contributed by atoms with Gasteiger partial charge in [-0.1, -0.05) is 12.1 Å². The van der Waals surface area contributed by atoms with E-state index in [0.717, 1.165) is 0 Å². The molecule has 2 N–H and O–H groups in total. The summed E-state index contributed by atoms with van der Waals surface area (Å²) in [5.74, 6) is 2.33. The molecule has 0 bridgehead atoms. The number of amides is 2. The van der Waals surface area contributed by atoms with Gasteiger partial charge in [-0.3, -0.25) is 0 Å². The fraction of sp³-hybridized carbons (Fsp3) is 0.278. The predicted octanol–water partition coefficient (Wildman–Crippen LogP) is 2.91. The summed E-state index contributed by atoms with van der Waals surface area (Å²) in [6.07, 6.45) is 0. The number of benzene rings is 2. The third-order valence-electron chi connectivity index (χ3n) is 3.34. The molecular formula is C18H22N2O5. The number of hydrogen-bond donors (Lipinski definition) is 2. The van der Waals surface area contributed by atoms with Crippen LogP contribution in [0.2, 0.25) is 0 Å². The lowest BCUT2D eigenvalue weighted by Crippen LogP contribution is -2.32. The standard InChI is InChI=1S/C18H22N2O5/c1-22-14-7-4-6-13(12-14)20-18(21)19-10-11-25-16-9-5-8-15(23-2)17(16)24-3/h4-9,12H,10-11H2,1-3H3,(H2,19,20,21). The fourth-order valence-corrected chi connectivity index (χ4v) is 2.17. The molecule has 0 saturated heterocycles. The summed E-state index contributed by atoms with van der Waals surface area (Å²) in [6.45, 7) is 0.616. The monoisotopic (exact) mass is 346 g/mol. The van der Waals surface area contributed by atoms with Crippen LogP contribution >= 0.6 is 0 Å². The lowest BCUT2D eigenvalue weighted by Gasteiger charge is -2.14. The normalized spacial score (nSPS) is 9.88. The van der Waals surface area contributed by atoms with Gasteiger partial charge in [0, 0.05) is 11.8 Å². The molecule has 0 aliphatic carbocycles. The van der Waals surface area contributed by atoms with Crippen molar-refractivity contribution in [2.45, 2.75) is 0 Å². The summed E-state index contributed by atoms with van der Waals surface area (Å²) in [4.78, 5) is 11.9. The van der Waals surface area contributed by atoms with Crippen LogP contribution in [0.15, 0.2) is 42.5 Å². The molecular weight excluding hydrogens is 324 g/mol. The second-order valence-corrected chi connectivity index (χ2v) is 4.95. The quantitative estimate of drug-likeness (QED) is 0.719. The van der Waals surface area contributed by atoms with E-state index < -0.39 is 0 Å². The second-order valence-electron chi connectivity index (χ2n) is 4.95. The van der Waals surface area contributed by atoms with Gasteiger partial charge < -0.3 is 29.6 Å². The first-order valence-electron chi connectivity index (χ1n) is 7.70. The summed E-state index contributed by atoms with van der Waals surface area (Å²) >= 11 is 0. The van der Waals surface area contributed by atoms with Crippen molar-refractivity contribution in [1.82, 2.24) is 5.32 Å². The predicted molar refractivity (Wildman–Crippen MR) is 95.1 cm³/mol. The first-order valence-corrected chi connectivity index (χ1v) is 7.70. The highest BCUT2D eigenvalue weighted by atomic mass is 16.5. The summed E-state index contributed by atoms with van der Waals surface area (Å²) in [5, 5.41) is 5.44. The molecule has 0 spiro atoms. The van der Waals surface area contributed by atoms with Gasteiger partial charge in [0.2, 0.25) is 5.75 Å². The number of methoxy groups -OCH3 is 3. The van der Waals surface area contributed by atoms with E-state index in [4.69, 9.17) is 18.9 Å². The van der Waals surface area contributed by atoms with Gasteiger partial charge in [0.15, 0.2) is 11.5 Å². The third-order valence-corrected chi connectivity index (χ3v) is 3.34. The average molecular weight is 346 g/mol. The van der Waals surface area contributed by atoms with E-state index in [0.29, 0.717) is 35.2 Å². The lowest BCUT2D eigenvalue weighted by molar-refractivity contribution is 0.245. The highest BCUT2D eigenvalue weighted by molar-refractivity contribution is 5.89. The van der Waals surface area contributed by atoms with Gasteiger partial charge in [-0.05, 0) is 24.3 Å². The van der Waals surface area contributed by atoms with Gasteiger partial charge in [-0.2, -0.15) is 0 Å². The molecule has 0 radical (unpaired) electrons. The number of carbonyl (C=O) groups is 1. The maximum atomic E-state index is 11.9. The largest absolute Gasteiger partial charge is 0.497 e. The number of para-hydroxylation sites is 1. The average Bonchev–Trinajstić information content (AvgIpc) is 2.64. The van der Waals surface area contributed by atoms with Crippen LogP contribution in [0.25, 0.3) is 0 Å². The van der Waals surface area contributed by atoms with E-state index in [-0.39, 0.29) is 12.6 Å². The van der Waals surface area contributed by atoms with E-state index in [1.54, 1.807) is 63.8 Å². The molecule has 2 amide bonds. The van der Waals surface area contributed by atoms with Gasteiger partial charge in [0.1, 0.15) is 12.4 Å². The molecule has 0 unspecified atom stereocenters. The zero-order valence-corrected chi connectivity index (χ0v) is 14.5. The summed E-state index contributed by atoms with van der Waals surface area (Å²) < 4.78 is 21.2. The Hall–Kier alpha value is -3.09. The Balaban J connectivity index is 1.80. The van der Waals surface area contributed by atoms with Crippen LogP contribution in [0.3, 0.4) is 0 Å². The second kappa shape index (κ2) is 9.27. The molecule has 7 nitrogen and oxygen atoms in total. The lowest BCUT2D eigenvalue weighted by atomic mass is 10.3. The van der Waals surface area contributed by atoms with Gasteiger partial charge in [-0.25, -0.2) is 4.79 Å². The van der Waals surface area contributed by atoms with Crippen molar-refractivity contribution in [3.63, 3.8) is 0 Å². The van der Waals surface area contributed by atoms with E-state index in [9.17, 15) is 4.79 Å². The molecule has 0 aliphatic rings. The maximum absolute atomic E-state index is 11.9. The number of hydrogen-bond acceptors (Lipinski definition) is 5. The third kappa shape index (κ3) is 5.20. The Labute approximate surface area is 146 Å². The summed E-state index contributed by atoms with van der Waals surface area (Å²) in [6, 6.07) is 12.2. The zero-order chi connectivity index (χ0) is 18.1. The first-order chi connectivity index (χ1) is 12.2. The highest BCUT2D eigenvalue weighted by Crippen LogP contribution is 2.36. The van der Waals surface area contributed by atoms with Crippen LogP contribution in [0, 0.1) is 0 Å². The molecule has 7 heteroatoms. The first kappa shape index (κ1) is 18.3. The van der Waals surface area contributed by atoms with Crippen LogP contribution in [0.1, 0.15) is 0 Å². The van der Waals surface area contributed by atoms with Gasteiger partial charge in [0.05, 0.1) is 27.9 Å². The minimum atomic E-state index is -0.325. The van der Waals surface area contributed by atoms with Gasteiger partial charge in [0.25, 0.3) is 0 Å². The zero-order valence-electron chi connectivity index (χ0n) is 14.5. The maximum Gasteiger partial charge on any atom is 0.319 e. The van der Waals surface area contributed by atoms with Crippen LogP contribution in [-0.2, 0) is 0 Å². The molecule has 0 aliphatic heterocycles. The molecule has 0 saturated carbocycles. The van der Waals surface area contributed by atoms with E-state index in [1.807, 2.05) is 0 Å². The van der Waals surface area contributed by atoms with Crippen LogP contribution in [0.5, 0.6) is 23.0 Å². The SMILES string of the molecule is COc1cccc(NC(=O)NCCOc2cccc(OC)c2OC)c1. The van der Waals surface area contributed by atoms with Crippen molar-refractivity contribution in [1.29, 1.82) is 0 Å². The van der Waals surface area contributed by atoms with Crippen LogP contribution in [-0.4, -0.2) is 40.5 Å². The van der Waals surface area contributed by atoms with Crippen LogP contribution < -0.4 is 29.6 Å². The Bertz CT molecular complexity index is 706. The Kier molecular flexibility index (Phi) is 6.76. The topological polar surface area (TPSA) is 78.1 Å². The van der Waals surface area contributed by atoms with Crippen molar-refractivity contribution in [3.8, 4) is 23.0 Å². The smallest absolute Gasteiger partial charge is 0.319 e. The van der Waals surface area contributed by atoms with Crippen molar-refractivity contribution in [2.75, 3.05) is 39.8 Å². The Morgan fingerprint density at radius 2 is 1.72 bits per heavy atom. The molecule has 0 heterocycles. The molecule has 2 aromatic rings. The van der Waals surface area contributed by atoms with E-state index >= 15 is 0 Å². The van der Waals surface area contributed by atoms with Crippen molar-refractivity contribution < 1.29 is 23.7 Å². The number of ether oxygens (including phenoxy) is 4. The minimum absolute atomic E-state index is 0.287. The number of urea groups is 1. The Morgan fingerprint density at radius 3 is 2.44 bits per heavy atom. The van der Waals surface area contributed by atoms with E-state index in [1.165, 1.54) is 0 Å². The molecule has 25 heavy (non-hydrogen) atoms. The molecule has 134 valence electrons. The fourth-order valence-electron chi connectivity index (χ4n) is 2.17. The van der Waals surface area contributed by atoms with Crippen molar-refractivity contribution >= 4 is 11.7 Å². The molecule has 0 fully saturated rings. The van der Waals surface area contributed by atoms with Gasteiger partial charge >= 0.3 is 6.03 Å². The number of carbonyl (C=O) groups excluding carboxylic acids is 1. The summed E-state index contributed by atoms with van der Waals surface area (Å²) in [5.41, 5.74) is 0.646. The minimum Gasteiger partial charge on any atom is -0.497 e. The Morgan fingerprint density at radius 1 is 0.960 bits per heavy atom. The number of anilines is 1. The van der Waals surface area contributed by atoms with Crippen molar-refractivity contribution in [3.05, 3.63) is 42.5 Å². The number of nitrogens with one attached hydrogen (secondary N) is 2. The molecule has 2 aromatic carbocycles. The number of rotatable bonds is 8. The van der Waals surface area contributed by atoms with E-state index in [2.05, 4.69) is 10.6 Å². The van der Waals surface area contributed by atoms with Gasteiger partial charge in [-0.15, -0.1) is 0 Å². The molecule has 2 rings (SSSR count). The molecule has 0 aromatic heterocycles. The summed E-state index contributed by atoms with van der Waals surface area (Å²) in [7, 11) is 4.68. The highest BCUT2D eigenvalue weighted by Gasteiger charge is 2.10. The van der Waals surface area contributed by atoms with Crippen molar-refractivity contribution in [2.24, 2.45) is 0 Å². The van der Waals surface area contributed by atoms with Crippen LogP contribution in [0.4, 0.5) is 10.5 Å².